The normalized spacial score (nSPS) is 10.6. The second-order valence-corrected chi connectivity index (χ2v) is 7.68. The lowest BCUT2D eigenvalue weighted by atomic mass is 9.91. The van der Waals surface area contributed by atoms with E-state index in [0.29, 0.717) is 23.5 Å². The molecule has 2 aliphatic rings. The van der Waals surface area contributed by atoms with Crippen LogP contribution in [0.15, 0.2) is 65.1 Å². The molecule has 0 bridgehead atoms. The molecule has 6 heteroatoms. The van der Waals surface area contributed by atoms with Gasteiger partial charge < -0.3 is 20.0 Å². The Morgan fingerprint density at radius 2 is 1.68 bits per heavy atom. The molecule has 178 valence electrons. The highest BCUT2D eigenvalue weighted by Crippen LogP contribution is 2.41. The van der Waals surface area contributed by atoms with Gasteiger partial charge in [0.25, 0.3) is 0 Å². The van der Waals surface area contributed by atoms with E-state index < -0.39 is 5.97 Å². The van der Waals surface area contributed by atoms with Crippen molar-refractivity contribution in [1.82, 2.24) is 4.58 Å². The van der Waals surface area contributed by atoms with E-state index in [4.69, 9.17) is 14.9 Å². The van der Waals surface area contributed by atoms with E-state index in [-0.39, 0.29) is 5.56 Å². The number of aromatic carboxylic acids is 1. The number of nitrogens with zero attached hydrogens (tertiary/aromatic N) is 1. The van der Waals surface area contributed by atoms with Gasteiger partial charge in [0.15, 0.2) is 0 Å². The number of carbonyl (C=O) groups is 1. The van der Waals surface area contributed by atoms with Crippen LogP contribution < -0.4 is 20.4 Å². The van der Waals surface area contributed by atoms with Crippen LogP contribution in [0.3, 0.4) is 0 Å². The van der Waals surface area contributed by atoms with Crippen molar-refractivity contribution in [3.8, 4) is 28.2 Å². The summed E-state index contributed by atoms with van der Waals surface area (Å²) in [7, 11) is 0. The molecule has 0 spiro atoms. The third-order valence-electron chi connectivity index (χ3n) is 5.54. The quantitative estimate of drug-likeness (QED) is 0.309. The van der Waals surface area contributed by atoms with Crippen LogP contribution >= 0.6 is 0 Å². The minimum atomic E-state index is -0.955. The molecule has 0 aromatic heterocycles. The van der Waals surface area contributed by atoms with Crippen molar-refractivity contribution in [2.75, 3.05) is 26.2 Å². The SMILES string of the molecule is CCN.CCOc1ccc2c(-c3ccccc3C(=O)O)c3ccc(=[N+](CC)CC)cc-3oc2c1. The minimum absolute atomic E-state index is 0.262. The van der Waals surface area contributed by atoms with E-state index in [9.17, 15) is 9.90 Å². The lowest BCUT2D eigenvalue weighted by Crippen LogP contribution is -2.29. The molecule has 1 aliphatic heterocycles. The molecule has 2 aromatic rings. The van der Waals surface area contributed by atoms with Gasteiger partial charge in [0.05, 0.1) is 18.2 Å². The standard InChI is InChI=1S/C26H25NO4.C2H7N/c1-4-27(5-2)17-11-13-21-23(15-17)31-24-16-18(30-6-3)12-14-22(24)25(21)19-9-7-8-10-20(19)26(28)29;1-2-3/h7-16H,4-6H2,1-3H3;2-3H2,1H3/p+1. The van der Waals surface area contributed by atoms with Crippen molar-refractivity contribution in [3.05, 3.63) is 71.6 Å². The Balaban J connectivity index is 0.00000103. The lowest BCUT2D eigenvalue weighted by molar-refractivity contribution is 0.0697. The first kappa shape index (κ1) is 25.0. The second kappa shape index (κ2) is 11.5. The summed E-state index contributed by atoms with van der Waals surface area (Å²) in [6.45, 7) is 11.2. The Bertz CT molecular complexity index is 1320. The maximum absolute atomic E-state index is 12.0. The highest BCUT2D eigenvalue weighted by atomic mass is 16.5. The first-order valence-corrected chi connectivity index (χ1v) is 11.7. The number of hydrogen-bond acceptors (Lipinski definition) is 4. The molecule has 0 saturated carbocycles. The third kappa shape index (κ3) is 5.13. The smallest absolute Gasteiger partial charge is 0.336 e. The highest BCUT2D eigenvalue weighted by molar-refractivity contribution is 6.07. The van der Waals surface area contributed by atoms with Gasteiger partial charge in [-0.1, -0.05) is 25.1 Å². The first-order valence-electron chi connectivity index (χ1n) is 11.7. The Hall–Kier alpha value is -3.64. The van der Waals surface area contributed by atoms with E-state index in [1.54, 1.807) is 12.1 Å². The zero-order valence-electron chi connectivity index (χ0n) is 20.3. The van der Waals surface area contributed by atoms with Crippen LogP contribution in [0.25, 0.3) is 33.4 Å². The molecular formula is C28H33N2O4+. The molecule has 1 heterocycles. The fraction of sp³-hybridized carbons (Fsp3) is 0.286. The fourth-order valence-corrected chi connectivity index (χ4v) is 4.08. The van der Waals surface area contributed by atoms with E-state index >= 15 is 0 Å². The molecular weight excluding hydrogens is 428 g/mol. The molecule has 0 fully saturated rings. The summed E-state index contributed by atoms with van der Waals surface area (Å²) < 4.78 is 14.2. The molecule has 4 rings (SSSR count). The van der Waals surface area contributed by atoms with Crippen LogP contribution in [-0.4, -0.2) is 37.3 Å². The molecule has 0 radical (unpaired) electrons. The van der Waals surface area contributed by atoms with Gasteiger partial charge in [-0.2, -0.15) is 0 Å². The zero-order chi connectivity index (χ0) is 24.7. The number of hydrogen-bond donors (Lipinski definition) is 2. The van der Waals surface area contributed by atoms with Gasteiger partial charge in [0.2, 0.25) is 5.36 Å². The number of benzene rings is 3. The van der Waals surface area contributed by atoms with Crippen LogP contribution in [0, 0.1) is 0 Å². The Kier molecular flexibility index (Phi) is 8.44. The maximum Gasteiger partial charge on any atom is 0.336 e. The van der Waals surface area contributed by atoms with Crippen LogP contribution in [0.4, 0.5) is 0 Å². The molecule has 0 amide bonds. The van der Waals surface area contributed by atoms with E-state index in [0.717, 1.165) is 47.3 Å². The van der Waals surface area contributed by atoms with Crippen molar-refractivity contribution in [1.29, 1.82) is 0 Å². The van der Waals surface area contributed by atoms with Crippen LogP contribution in [0.1, 0.15) is 38.1 Å². The fourth-order valence-electron chi connectivity index (χ4n) is 4.08. The van der Waals surface area contributed by atoms with Gasteiger partial charge in [-0.25, -0.2) is 9.37 Å². The molecule has 0 saturated heterocycles. The number of carboxylic acids is 1. The number of fused-ring (bicyclic) bond motifs is 2. The van der Waals surface area contributed by atoms with Gasteiger partial charge in [-0.15, -0.1) is 0 Å². The van der Waals surface area contributed by atoms with E-state index in [2.05, 4.69) is 24.5 Å². The third-order valence-corrected chi connectivity index (χ3v) is 5.54. The molecule has 1 aliphatic carbocycles. The van der Waals surface area contributed by atoms with Gasteiger partial charge in [-0.05, 0) is 57.1 Å². The van der Waals surface area contributed by atoms with Gasteiger partial charge in [-0.3, -0.25) is 0 Å². The summed E-state index contributed by atoms with van der Waals surface area (Å²) in [5, 5.41) is 11.7. The molecule has 0 atom stereocenters. The summed E-state index contributed by atoms with van der Waals surface area (Å²) in [6, 6.07) is 18.9. The molecule has 0 unspecified atom stereocenters. The van der Waals surface area contributed by atoms with Crippen molar-refractivity contribution in [2.45, 2.75) is 27.7 Å². The van der Waals surface area contributed by atoms with Crippen molar-refractivity contribution >= 4 is 16.9 Å². The maximum atomic E-state index is 12.0. The topological polar surface area (TPSA) is 88.7 Å². The summed E-state index contributed by atoms with van der Waals surface area (Å²) in [5.41, 5.74) is 8.16. The molecule has 2 aromatic carbocycles. The number of nitrogens with two attached hydrogens (primary N) is 1. The Morgan fingerprint density at radius 3 is 2.32 bits per heavy atom. The van der Waals surface area contributed by atoms with Crippen molar-refractivity contribution < 1.29 is 19.1 Å². The Morgan fingerprint density at radius 1 is 0.971 bits per heavy atom. The predicted molar refractivity (Wildman–Crippen MR) is 137 cm³/mol. The monoisotopic (exact) mass is 461 g/mol. The summed E-state index contributed by atoms with van der Waals surface area (Å²) in [6.07, 6.45) is 0. The van der Waals surface area contributed by atoms with Gasteiger partial charge in [0, 0.05) is 28.6 Å². The lowest BCUT2D eigenvalue weighted by Gasteiger charge is -2.17. The molecule has 34 heavy (non-hydrogen) atoms. The molecule has 6 nitrogen and oxygen atoms in total. The van der Waals surface area contributed by atoms with Crippen molar-refractivity contribution in [2.24, 2.45) is 5.73 Å². The number of rotatable bonds is 6. The predicted octanol–water partition coefficient (Wildman–Crippen LogP) is 5.08. The Labute approximate surface area is 200 Å². The zero-order valence-corrected chi connectivity index (χ0v) is 20.3. The van der Waals surface area contributed by atoms with Crippen LogP contribution in [0.2, 0.25) is 0 Å². The first-order chi connectivity index (χ1) is 16.5. The average Bonchev–Trinajstić information content (AvgIpc) is 2.84. The van der Waals surface area contributed by atoms with E-state index in [1.165, 1.54) is 0 Å². The van der Waals surface area contributed by atoms with E-state index in [1.807, 2.05) is 56.3 Å². The number of ether oxygens (including phenoxy) is 1. The highest BCUT2D eigenvalue weighted by Gasteiger charge is 2.22. The van der Waals surface area contributed by atoms with Gasteiger partial charge >= 0.3 is 5.97 Å². The van der Waals surface area contributed by atoms with Crippen LogP contribution in [0.5, 0.6) is 5.75 Å². The number of carboxylic acid groups (broad SMARTS) is 1. The largest absolute Gasteiger partial charge is 0.494 e. The summed E-state index contributed by atoms with van der Waals surface area (Å²) in [5.74, 6) is 0.472. The minimum Gasteiger partial charge on any atom is -0.494 e. The summed E-state index contributed by atoms with van der Waals surface area (Å²) >= 11 is 0. The molecule has 3 N–H and O–H groups in total. The average molecular weight is 462 g/mol. The second-order valence-electron chi connectivity index (χ2n) is 7.68. The van der Waals surface area contributed by atoms with Crippen molar-refractivity contribution in [3.63, 3.8) is 0 Å². The van der Waals surface area contributed by atoms with Gasteiger partial charge in [0.1, 0.15) is 30.2 Å². The van der Waals surface area contributed by atoms with Crippen LogP contribution in [-0.2, 0) is 0 Å². The summed E-state index contributed by atoms with van der Waals surface area (Å²) in [4.78, 5) is 12.0.